The highest BCUT2D eigenvalue weighted by Gasteiger charge is 2.76. The lowest BCUT2D eigenvalue weighted by Crippen LogP contribution is -2.84. The molecule has 228 valence electrons. The molecule has 0 atom stereocenters. The van der Waals surface area contributed by atoms with Crippen molar-refractivity contribution < 1.29 is 28.4 Å². The first kappa shape index (κ1) is 33.2. The standard InChI is InChI=1S/C34H44O6Si3/c1-35-32(36-2,41-28-21-13-8-14-22-28)31(27-19-11-7-12-20-27,33(37-3,38-4)42-29-23-15-9-16-24-29)34(39-5,40-6)43-30-25-17-10-18-26-30/h7-26H,41-43H2,1-6H3. The second-order valence-electron chi connectivity index (χ2n) is 10.6. The molecule has 0 saturated heterocycles. The van der Waals surface area contributed by atoms with Crippen LogP contribution < -0.4 is 15.6 Å². The van der Waals surface area contributed by atoms with Gasteiger partial charge in [-0.15, -0.1) is 0 Å². The number of methoxy groups -OCH3 is 6. The second kappa shape index (κ2) is 14.8. The second-order valence-corrected chi connectivity index (χ2v) is 16.9. The molecule has 0 radical (unpaired) electrons. The van der Waals surface area contributed by atoms with Gasteiger partial charge < -0.3 is 28.4 Å². The highest BCUT2D eigenvalue weighted by atomic mass is 28.2. The Labute approximate surface area is 263 Å². The van der Waals surface area contributed by atoms with E-state index in [1.165, 1.54) is 0 Å². The molecular weight excluding hydrogens is 589 g/mol. The average molecular weight is 633 g/mol. The first-order valence-electron chi connectivity index (χ1n) is 14.4. The van der Waals surface area contributed by atoms with E-state index in [9.17, 15) is 0 Å². The van der Waals surface area contributed by atoms with Crippen LogP contribution in [0.4, 0.5) is 0 Å². The Bertz CT molecular complexity index is 1230. The SMILES string of the molecule is COC(OC)([SiH2]c1ccccc1)C(c1ccccc1)(C(OC)(OC)[SiH2]c1ccccc1)C(OC)(OC)[SiH2]c1ccccc1. The molecule has 4 rings (SSSR count). The van der Waals surface area contributed by atoms with Crippen LogP contribution >= 0.6 is 0 Å². The fourth-order valence-electron chi connectivity index (χ4n) is 6.81. The molecule has 0 amide bonds. The van der Waals surface area contributed by atoms with Crippen molar-refractivity contribution in [2.75, 3.05) is 42.7 Å². The van der Waals surface area contributed by atoms with Crippen LogP contribution in [0.5, 0.6) is 0 Å². The number of ether oxygens (including phenoxy) is 6. The van der Waals surface area contributed by atoms with Gasteiger partial charge in [0.15, 0.2) is 16.2 Å². The Kier molecular flexibility index (Phi) is 11.5. The topological polar surface area (TPSA) is 55.4 Å². The van der Waals surface area contributed by atoms with Crippen LogP contribution in [-0.2, 0) is 33.8 Å². The summed E-state index contributed by atoms with van der Waals surface area (Å²) in [5.74, 6) is 0. The third kappa shape index (κ3) is 6.02. The van der Waals surface area contributed by atoms with E-state index in [4.69, 9.17) is 28.4 Å². The smallest absolute Gasteiger partial charge is 0.167 e. The van der Waals surface area contributed by atoms with Crippen molar-refractivity contribution in [2.45, 2.75) is 21.6 Å². The maximum absolute atomic E-state index is 6.77. The van der Waals surface area contributed by atoms with Crippen molar-refractivity contribution in [3.8, 4) is 0 Å². The van der Waals surface area contributed by atoms with E-state index in [1.807, 2.05) is 36.4 Å². The summed E-state index contributed by atoms with van der Waals surface area (Å²) >= 11 is 0. The van der Waals surface area contributed by atoms with Gasteiger partial charge in [-0.3, -0.25) is 0 Å². The minimum atomic E-state index is -1.45. The monoisotopic (exact) mass is 632 g/mol. The van der Waals surface area contributed by atoms with Crippen LogP contribution in [0.2, 0.25) is 0 Å². The summed E-state index contributed by atoms with van der Waals surface area (Å²) in [4.78, 5) is 0. The molecule has 43 heavy (non-hydrogen) atoms. The molecule has 0 bridgehead atoms. The summed E-state index contributed by atoms with van der Waals surface area (Å²) in [5, 5.41) is 3.49. The lowest BCUT2D eigenvalue weighted by molar-refractivity contribution is -0.356. The lowest BCUT2D eigenvalue weighted by Gasteiger charge is -2.63. The van der Waals surface area contributed by atoms with Crippen molar-refractivity contribution >= 4 is 44.1 Å². The molecule has 0 N–H and O–H groups in total. The predicted molar refractivity (Wildman–Crippen MR) is 182 cm³/mol. The van der Waals surface area contributed by atoms with Crippen LogP contribution in [0.3, 0.4) is 0 Å². The van der Waals surface area contributed by atoms with E-state index < -0.39 is 50.2 Å². The van der Waals surface area contributed by atoms with Crippen molar-refractivity contribution in [1.82, 2.24) is 0 Å². The van der Waals surface area contributed by atoms with Gasteiger partial charge in [0.1, 0.15) is 34.0 Å². The van der Waals surface area contributed by atoms with Gasteiger partial charge in [-0.1, -0.05) is 137 Å². The Morgan fingerprint density at radius 2 is 0.581 bits per heavy atom. The molecule has 4 aromatic rings. The van der Waals surface area contributed by atoms with Crippen molar-refractivity contribution in [3.63, 3.8) is 0 Å². The normalized spacial score (nSPS) is 14.7. The van der Waals surface area contributed by atoms with Crippen molar-refractivity contribution in [1.29, 1.82) is 0 Å². The van der Waals surface area contributed by atoms with Crippen LogP contribution in [-0.4, -0.2) is 87.4 Å². The molecule has 0 aliphatic rings. The molecule has 0 aromatic heterocycles. The van der Waals surface area contributed by atoms with Crippen LogP contribution in [0, 0.1) is 0 Å². The van der Waals surface area contributed by atoms with Crippen molar-refractivity contribution in [3.05, 3.63) is 127 Å². The summed E-state index contributed by atoms with van der Waals surface area (Å²) in [5.41, 5.74) is -4.11. The molecule has 0 aliphatic heterocycles. The average Bonchev–Trinajstić information content (AvgIpc) is 3.08. The molecule has 6 nitrogen and oxygen atoms in total. The zero-order chi connectivity index (χ0) is 30.8. The van der Waals surface area contributed by atoms with Gasteiger partial charge in [0.25, 0.3) is 0 Å². The van der Waals surface area contributed by atoms with Gasteiger partial charge in [-0.05, 0) is 5.56 Å². The largest absolute Gasteiger partial charge is 0.356 e. The molecule has 9 heteroatoms. The fraction of sp³-hybridized carbons (Fsp3) is 0.294. The quantitative estimate of drug-likeness (QED) is 0.137. The van der Waals surface area contributed by atoms with E-state index in [0.717, 1.165) is 21.1 Å². The minimum Gasteiger partial charge on any atom is -0.356 e. The number of rotatable bonds is 16. The molecule has 0 unspecified atom stereocenters. The summed E-state index contributed by atoms with van der Waals surface area (Å²) < 4.78 is 40.6. The predicted octanol–water partition coefficient (Wildman–Crippen LogP) is 1.25. The van der Waals surface area contributed by atoms with Crippen LogP contribution in [0.1, 0.15) is 5.56 Å². The fourth-order valence-corrected chi connectivity index (χ4v) is 14.6. The molecule has 0 aliphatic carbocycles. The lowest BCUT2D eigenvalue weighted by atomic mass is 9.75. The maximum Gasteiger partial charge on any atom is 0.167 e. The number of hydrogen-bond donors (Lipinski definition) is 0. The minimum absolute atomic E-state index is 0.904. The molecule has 0 fully saturated rings. The van der Waals surface area contributed by atoms with E-state index in [1.54, 1.807) is 42.7 Å². The maximum atomic E-state index is 6.77. The van der Waals surface area contributed by atoms with Crippen LogP contribution in [0.25, 0.3) is 0 Å². The van der Waals surface area contributed by atoms with E-state index in [0.29, 0.717) is 0 Å². The molecule has 0 saturated carbocycles. The third-order valence-corrected chi connectivity index (χ3v) is 16.1. The van der Waals surface area contributed by atoms with Crippen LogP contribution in [0.15, 0.2) is 121 Å². The zero-order valence-corrected chi connectivity index (χ0v) is 30.4. The summed E-state index contributed by atoms with van der Waals surface area (Å²) in [7, 11) is 5.98. The van der Waals surface area contributed by atoms with E-state index >= 15 is 0 Å². The highest BCUT2D eigenvalue weighted by molar-refractivity contribution is 6.61. The third-order valence-electron chi connectivity index (χ3n) is 8.74. The summed E-state index contributed by atoms with van der Waals surface area (Å²) in [6, 6.07) is 41.5. The Balaban J connectivity index is 2.21. The number of benzene rings is 4. The van der Waals surface area contributed by atoms with E-state index in [-0.39, 0.29) is 0 Å². The Morgan fingerprint density at radius 3 is 0.814 bits per heavy atom. The first-order valence-corrected chi connectivity index (χ1v) is 18.7. The van der Waals surface area contributed by atoms with Gasteiger partial charge in [0.2, 0.25) is 0 Å². The Hall–Kier alpha value is -2.71. The van der Waals surface area contributed by atoms with Crippen molar-refractivity contribution in [2.24, 2.45) is 0 Å². The first-order chi connectivity index (χ1) is 21.0. The van der Waals surface area contributed by atoms with Gasteiger partial charge >= 0.3 is 0 Å². The molecule has 0 spiro atoms. The van der Waals surface area contributed by atoms with Gasteiger partial charge in [0, 0.05) is 42.7 Å². The molecule has 0 heterocycles. The van der Waals surface area contributed by atoms with Gasteiger partial charge in [0.05, 0.1) is 0 Å². The Morgan fingerprint density at radius 1 is 0.349 bits per heavy atom. The summed E-state index contributed by atoms with van der Waals surface area (Å²) in [6.07, 6.45) is 0. The molecule has 4 aromatic carbocycles. The summed E-state index contributed by atoms with van der Waals surface area (Å²) in [6.45, 7) is 0. The van der Waals surface area contributed by atoms with Gasteiger partial charge in [-0.25, -0.2) is 0 Å². The van der Waals surface area contributed by atoms with Gasteiger partial charge in [-0.2, -0.15) is 0 Å². The van der Waals surface area contributed by atoms with E-state index in [2.05, 4.69) is 84.9 Å². The molecular formula is C34H44O6Si3. The highest BCUT2D eigenvalue weighted by Crippen LogP contribution is 2.56. The number of hydrogen-bond acceptors (Lipinski definition) is 6. The zero-order valence-electron chi connectivity index (χ0n) is 26.1.